The van der Waals surface area contributed by atoms with Gasteiger partial charge in [0.1, 0.15) is 5.01 Å². The van der Waals surface area contributed by atoms with Crippen LogP contribution in [0.3, 0.4) is 0 Å². The van der Waals surface area contributed by atoms with Crippen molar-refractivity contribution in [3.05, 3.63) is 70.6 Å². The number of carbonyl (C=O) groups excluding carboxylic acids is 2. The summed E-state index contributed by atoms with van der Waals surface area (Å²) < 4.78 is 5.86. The van der Waals surface area contributed by atoms with E-state index in [9.17, 15) is 9.59 Å². The molecule has 0 saturated carbocycles. The number of hydrogen-bond donors (Lipinski definition) is 1. The smallest absolute Gasteiger partial charge is 0.337 e. The summed E-state index contributed by atoms with van der Waals surface area (Å²) in [5.74, 6) is -0.660. The first kappa shape index (κ1) is 18.3. The van der Waals surface area contributed by atoms with Crippen molar-refractivity contribution in [3.63, 3.8) is 0 Å². The highest BCUT2D eigenvalue weighted by atomic mass is 32.1. The number of nitrogens with one attached hydrogen (secondary N) is 1. The molecule has 28 heavy (non-hydrogen) atoms. The standard InChI is InChI=1S/C21H16N2O3S2/c1-12-7-8-13(21(25)26-2)11-15(12)22-19(24)17-9-10-18(27-17)20-23-14-5-3-4-6-16(14)28-20/h3-11H,1-2H3,(H,22,24). The Morgan fingerprint density at radius 3 is 2.64 bits per heavy atom. The van der Waals surface area contributed by atoms with Gasteiger partial charge in [-0.15, -0.1) is 22.7 Å². The minimum atomic E-state index is -0.440. The third kappa shape index (κ3) is 3.54. The Bertz CT molecular complexity index is 1160. The summed E-state index contributed by atoms with van der Waals surface area (Å²) in [5.41, 5.74) is 2.80. The quantitative estimate of drug-likeness (QED) is 0.461. The van der Waals surface area contributed by atoms with Crippen molar-refractivity contribution in [1.82, 2.24) is 4.98 Å². The number of para-hydroxylation sites is 1. The number of carbonyl (C=O) groups is 2. The van der Waals surface area contributed by atoms with E-state index < -0.39 is 5.97 Å². The molecule has 0 saturated heterocycles. The second-order valence-corrected chi connectivity index (χ2v) is 8.24. The predicted octanol–water partition coefficient (Wildman–Crippen LogP) is 5.37. The van der Waals surface area contributed by atoms with E-state index in [0.29, 0.717) is 16.1 Å². The number of methoxy groups -OCH3 is 1. The van der Waals surface area contributed by atoms with Crippen LogP contribution in [0.4, 0.5) is 5.69 Å². The van der Waals surface area contributed by atoms with E-state index in [1.54, 1.807) is 35.6 Å². The van der Waals surface area contributed by atoms with E-state index in [1.165, 1.54) is 18.4 Å². The number of thiophene rings is 1. The number of aromatic nitrogens is 1. The molecular weight excluding hydrogens is 392 g/mol. The zero-order valence-electron chi connectivity index (χ0n) is 15.2. The van der Waals surface area contributed by atoms with Crippen molar-refractivity contribution in [1.29, 1.82) is 0 Å². The number of anilines is 1. The highest BCUT2D eigenvalue weighted by molar-refractivity contribution is 7.26. The van der Waals surface area contributed by atoms with Crippen LogP contribution in [0, 0.1) is 6.92 Å². The zero-order valence-corrected chi connectivity index (χ0v) is 16.8. The second kappa shape index (κ2) is 7.53. The predicted molar refractivity (Wildman–Crippen MR) is 113 cm³/mol. The number of amides is 1. The van der Waals surface area contributed by atoms with Gasteiger partial charge in [0, 0.05) is 5.69 Å². The van der Waals surface area contributed by atoms with Crippen LogP contribution in [0.2, 0.25) is 0 Å². The Balaban J connectivity index is 1.57. The molecule has 0 aliphatic carbocycles. The number of fused-ring (bicyclic) bond motifs is 1. The average Bonchev–Trinajstić information content (AvgIpc) is 3.35. The molecule has 0 aliphatic rings. The summed E-state index contributed by atoms with van der Waals surface area (Å²) in [6.07, 6.45) is 0. The van der Waals surface area contributed by atoms with Gasteiger partial charge in [-0.05, 0) is 48.9 Å². The fraction of sp³-hybridized carbons (Fsp3) is 0.0952. The average molecular weight is 409 g/mol. The number of aryl methyl sites for hydroxylation is 1. The molecule has 0 radical (unpaired) electrons. The van der Waals surface area contributed by atoms with Gasteiger partial charge in [0.25, 0.3) is 5.91 Å². The number of rotatable bonds is 4. The van der Waals surface area contributed by atoms with Crippen molar-refractivity contribution in [3.8, 4) is 9.88 Å². The molecule has 7 heteroatoms. The molecule has 140 valence electrons. The first-order valence-corrected chi connectivity index (χ1v) is 10.1. The van der Waals surface area contributed by atoms with Gasteiger partial charge in [0.15, 0.2) is 0 Å². The molecule has 0 aliphatic heterocycles. The molecule has 5 nitrogen and oxygen atoms in total. The van der Waals surface area contributed by atoms with Gasteiger partial charge < -0.3 is 10.1 Å². The molecule has 0 bridgehead atoms. The van der Waals surface area contributed by atoms with Crippen LogP contribution in [0.15, 0.2) is 54.6 Å². The Hall–Kier alpha value is -3.03. The van der Waals surface area contributed by atoms with Gasteiger partial charge >= 0.3 is 5.97 Å². The third-order valence-corrected chi connectivity index (χ3v) is 6.53. The van der Waals surface area contributed by atoms with Gasteiger partial charge in [-0.3, -0.25) is 4.79 Å². The van der Waals surface area contributed by atoms with E-state index in [0.717, 1.165) is 25.7 Å². The van der Waals surface area contributed by atoms with Crippen molar-refractivity contribution in [2.24, 2.45) is 0 Å². The summed E-state index contributed by atoms with van der Waals surface area (Å²) in [4.78, 5) is 30.6. The molecule has 0 fully saturated rings. The van der Waals surface area contributed by atoms with Crippen LogP contribution < -0.4 is 5.32 Å². The minimum absolute atomic E-state index is 0.220. The topological polar surface area (TPSA) is 68.3 Å². The van der Waals surface area contributed by atoms with Crippen molar-refractivity contribution < 1.29 is 14.3 Å². The minimum Gasteiger partial charge on any atom is -0.465 e. The summed E-state index contributed by atoms with van der Waals surface area (Å²) in [6.45, 7) is 1.87. The van der Waals surface area contributed by atoms with Crippen molar-refractivity contribution in [2.45, 2.75) is 6.92 Å². The zero-order chi connectivity index (χ0) is 19.7. The van der Waals surface area contributed by atoms with Crippen molar-refractivity contribution in [2.75, 3.05) is 12.4 Å². The maximum absolute atomic E-state index is 12.7. The van der Waals surface area contributed by atoms with Crippen LogP contribution >= 0.6 is 22.7 Å². The van der Waals surface area contributed by atoms with E-state index in [-0.39, 0.29) is 5.91 Å². The molecule has 1 amide bonds. The summed E-state index contributed by atoms with van der Waals surface area (Å²) in [6, 6.07) is 16.8. The van der Waals surface area contributed by atoms with E-state index >= 15 is 0 Å². The number of esters is 1. The molecular formula is C21H16N2O3S2. The number of benzene rings is 2. The van der Waals surface area contributed by atoms with Gasteiger partial charge in [-0.1, -0.05) is 18.2 Å². The van der Waals surface area contributed by atoms with Crippen LogP contribution in [0.1, 0.15) is 25.6 Å². The monoisotopic (exact) mass is 408 g/mol. The van der Waals surface area contributed by atoms with Crippen LogP contribution in [0.25, 0.3) is 20.1 Å². The molecule has 2 aromatic carbocycles. The van der Waals surface area contributed by atoms with Gasteiger partial charge in [-0.25, -0.2) is 9.78 Å². The van der Waals surface area contributed by atoms with Crippen LogP contribution in [0.5, 0.6) is 0 Å². The Morgan fingerprint density at radius 1 is 1.04 bits per heavy atom. The fourth-order valence-electron chi connectivity index (χ4n) is 2.74. The third-order valence-electron chi connectivity index (χ3n) is 4.24. The van der Waals surface area contributed by atoms with Gasteiger partial charge in [0.2, 0.25) is 0 Å². The lowest BCUT2D eigenvalue weighted by Crippen LogP contribution is -2.12. The Labute approximate surface area is 169 Å². The maximum atomic E-state index is 12.7. The first-order chi connectivity index (χ1) is 13.5. The molecule has 1 N–H and O–H groups in total. The molecule has 0 atom stereocenters. The molecule has 2 heterocycles. The second-order valence-electron chi connectivity index (χ2n) is 6.13. The normalized spacial score (nSPS) is 10.8. The van der Waals surface area contributed by atoms with Crippen LogP contribution in [-0.4, -0.2) is 24.0 Å². The highest BCUT2D eigenvalue weighted by Crippen LogP contribution is 2.34. The highest BCUT2D eigenvalue weighted by Gasteiger charge is 2.15. The number of ether oxygens (including phenoxy) is 1. The first-order valence-electron chi connectivity index (χ1n) is 8.51. The SMILES string of the molecule is COC(=O)c1ccc(C)c(NC(=O)c2ccc(-c3nc4ccccc4s3)s2)c1. The Morgan fingerprint density at radius 2 is 1.86 bits per heavy atom. The number of nitrogens with zero attached hydrogens (tertiary/aromatic N) is 1. The Kier molecular flexibility index (Phi) is 4.93. The lowest BCUT2D eigenvalue weighted by atomic mass is 10.1. The van der Waals surface area contributed by atoms with Gasteiger partial charge in [0.05, 0.1) is 32.6 Å². The fourth-order valence-corrected chi connectivity index (χ4v) is 4.66. The van der Waals surface area contributed by atoms with Gasteiger partial charge in [-0.2, -0.15) is 0 Å². The van der Waals surface area contributed by atoms with E-state index in [2.05, 4.69) is 10.3 Å². The summed E-state index contributed by atoms with van der Waals surface area (Å²) in [5, 5.41) is 3.78. The molecule has 2 aromatic heterocycles. The maximum Gasteiger partial charge on any atom is 0.337 e. The van der Waals surface area contributed by atoms with Crippen LogP contribution in [-0.2, 0) is 4.74 Å². The number of thiazole rings is 1. The van der Waals surface area contributed by atoms with Crippen molar-refractivity contribution >= 4 is 50.5 Å². The molecule has 4 rings (SSSR count). The lowest BCUT2D eigenvalue weighted by molar-refractivity contribution is 0.0600. The lowest BCUT2D eigenvalue weighted by Gasteiger charge is -2.09. The molecule has 0 unspecified atom stereocenters. The summed E-state index contributed by atoms with van der Waals surface area (Å²) in [7, 11) is 1.33. The molecule has 4 aromatic rings. The largest absolute Gasteiger partial charge is 0.465 e. The van der Waals surface area contributed by atoms with E-state index in [4.69, 9.17) is 4.74 Å². The number of hydrogen-bond acceptors (Lipinski definition) is 6. The van der Waals surface area contributed by atoms with E-state index in [1.807, 2.05) is 37.3 Å². The molecule has 0 spiro atoms. The summed E-state index contributed by atoms with van der Waals surface area (Å²) >= 11 is 3.00.